The first-order chi connectivity index (χ1) is 12.1. The normalized spacial score (nSPS) is 11.3. The van der Waals surface area contributed by atoms with Crippen LogP contribution in [-0.2, 0) is 14.8 Å². The van der Waals surface area contributed by atoms with E-state index >= 15 is 0 Å². The summed E-state index contributed by atoms with van der Waals surface area (Å²) in [5, 5.41) is 2.85. The summed E-state index contributed by atoms with van der Waals surface area (Å²) in [6, 6.07) is 11.5. The van der Waals surface area contributed by atoms with Crippen LogP contribution in [0.15, 0.2) is 36.4 Å². The monoisotopic (exact) mass is 374 g/mol. The topological polar surface area (TPSA) is 66.5 Å². The number of anilines is 2. The minimum absolute atomic E-state index is 0.0768. The lowest BCUT2D eigenvalue weighted by atomic mass is 10.1. The molecule has 0 aliphatic heterocycles. The fourth-order valence-electron chi connectivity index (χ4n) is 2.93. The van der Waals surface area contributed by atoms with Crippen LogP contribution in [-0.4, -0.2) is 27.1 Å². The van der Waals surface area contributed by atoms with Crippen LogP contribution >= 0.6 is 0 Å². The molecule has 5 nitrogen and oxygen atoms in total. The highest BCUT2D eigenvalue weighted by Crippen LogP contribution is 2.24. The van der Waals surface area contributed by atoms with Gasteiger partial charge in [-0.2, -0.15) is 0 Å². The van der Waals surface area contributed by atoms with Gasteiger partial charge >= 0.3 is 0 Å². The van der Waals surface area contributed by atoms with E-state index in [1.165, 1.54) is 4.31 Å². The molecule has 0 spiro atoms. The largest absolute Gasteiger partial charge is 0.326 e. The Hall–Kier alpha value is -2.34. The molecule has 1 N–H and O–H groups in total. The zero-order chi connectivity index (χ0) is 19.5. The summed E-state index contributed by atoms with van der Waals surface area (Å²) in [5.74, 6) is -0.214. The molecule has 0 bridgehead atoms. The lowest BCUT2D eigenvalue weighted by Crippen LogP contribution is -2.33. The molecule has 2 rings (SSSR count). The molecule has 0 aliphatic carbocycles. The highest BCUT2D eigenvalue weighted by atomic mass is 32.2. The first-order valence-electron chi connectivity index (χ1n) is 8.49. The molecular formula is C20H26N2O3S. The minimum atomic E-state index is -3.49. The van der Waals surface area contributed by atoms with Gasteiger partial charge in [0.05, 0.1) is 11.9 Å². The molecule has 2 aromatic rings. The van der Waals surface area contributed by atoms with Crippen LogP contribution in [0, 0.1) is 27.7 Å². The molecule has 0 radical (unpaired) electrons. The summed E-state index contributed by atoms with van der Waals surface area (Å²) < 4.78 is 25.8. The SMILES string of the molecule is Cc1cc(C)cc(NC(=O)CCN(c2cc(C)ccc2C)S(C)(=O)=O)c1. The molecule has 26 heavy (non-hydrogen) atoms. The van der Waals surface area contributed by atoms with Crippen LogP contribution in [0.25, 0.3) is 0 Å². The van der Waals surface area contributed by atoms with Gasteiger partial charge in [-0.1, -0.05) is 18.2 Å². The smallest absolute Gasteiger partial charge is 0.232 e. The zero-order valence-corrected chi connectivity index (χ0v) is 16.8. The Labute approximate surface area is 156 Å². The Balaban J connectivity index is 2.15. The summed E-state index contributed by atoms with van der Waals surface area (Å²) in [4.78, 5) is 12.3. The van der Waals surface area contributed by atoms with E-state index in [1.54, 1.807) is 0 Å². The van der Waals surface area contributed by atoms with Gasteiger partial charge in [-0.15, -0.1) is 0 Å². The van der Waals surface area contributed by atoms with Gasteiger partial charge in [0.15, 0.2) is 0 Å². The van der Waals surface area contributed by atoms with E-state index in [4.69, 9.17) is 0 Å². The highest BCUT2D eigenvalue weighted by molar-refractivity contribution is 7.92. The molecule has 0 saturated carbocycles. The van der Waals surface area contributed by atoms with Crippen molar-refractivity contribution in [2.45, 2.75) is 34.1 Å². The van der Waals surface area contributed by atoms with E-state index < -0.39 is 10.0 Å². The lowest BCUT2D eigenvalue weighted by Gasteiger charge is -2.24. The molecule has 0 fully saturated rings. The number of nitrogens with zero attached hydrogens (tertiary/aromatic N) is 1. The number of sulfonamides is 1. The third-order valence-corrected chi connectivity index (χ3v) is 5.26. The van der Waals surface area contributed by atoms with Crippen molar-refractivity contribution in [2.24, 2.45) is 0 Å². The van der Waals surface area contributed by atoms with Gasteiger partial charge in [-0.3, -0.25) is 9.10 Å². The first kappa shape index (κ1) is 20.0. The van der Waals surface area contributed by atoms with Crippen molar-refractivity contribution in [3.8, 4) is 0 Å². The van der Waals surface area contributed by atoms with Gasteiger partial charge in [-0.05, 0) is 68.1 Å². The standard InChI is InChI=1S/C20H26N2O3S/c1-14-6-7-17(4)19(13-14)22(26(5,24)25)9-8-20(23)21-18-11-15(2)10-16(3)12-18/h6-7,10-13H,8-9H2,1-5H3,(H,21,23). The summed E-state index contributed by atoms with van der Waals surface area (Å²) in [6.07, 6.45) is 1.24. The molecule has 2 aromatic carbocycles. The van der Waals surface area contributed by atoms with Crippen LogP contribution < -0.4 is 9.62 Å². The van der Waals surface area contributed by atoms with Crippen molar-refractivity contribution >= 4 is 27.3 Å². The summed E-state index contributed by atoms with van der Waals surface area (Å²) in [5.41, 5.74) is 5.30. The van der Waals surface area contributed by atoms with E-state index in [9.17, 15) is 13.2 Å². The predicted octanol–water partition coefficient (Wildman–Crippen LogP) is 3.72. The Morgan fingerprint density at radius 1 is 0.962 bits per heavy atom. The fraction of sp³-hybridized carbons (Fsp3) is 0.350. The molecular weight excluding hydrogens is 348 g/mol. The van der Waals surface area contributed by atoms with Crippen LogP contribution in [0.1, 0.15) is 28.7 Å². The van der Waals surface area contributed by atoms with Gasteiger partial charge in [-0.25, -0.2) is 8.42 Å². The average molecular weight is 375 g/mol. The van der Waals surface area contributed by atoms with Gasteiger partial charge in [0.2, 0.25) is 15.9 Å². The molecule has 0 aromatic heterocycles. The number of aryl methyl sites for hydroxylation is 4. The Morgan fingerprint density at radius 2 is 1.58 bits per heavy atom. The molecule has 0 heterocycles. The second kappa shape index (κ2) is 7.91. The second-order valence-corrected chi connectivity index (χ2v) is 8.71. The number of amides is 1. The molecule has 0 unspecified atom stereocenters. The van der Waals surface area contributed by atoms with E-state index in [2.05, 4.69) is 5.32 Å². The summed E-state index contributed by atoms with van der Waals surface area (Å²) in [7, 11) is -3.49. The van der Waals surface area contributed by atoms with Crippen molar-refractivity contribution in [1.29, 1.82) is 0 Å². The van der Waals surface area contributed by atoms with E-state index in [-0.39, 0.29) is 18.9 Å². The van der Waals surface area contributed by atoms with Crippen LogP contribution in [0.2, 0.25) is 0 Å². The molecule has 0 atom stereocenters. The van der Waals surface area contributed by atoms with Gasteiger partial charge in [0.25, 0.3) is 0 Å². The maximum Gasteiger partial charge on any atom is 0.232 e. The Morgan fingerprint density at radius 3 is 2.15 bits per heavy atom. The van der Waals surface area contributed by atoms with Crippen molar-refractivity contribution in [2.75, 3.05) is 22.4 Å². The molecule has 0 saturated heterocycles. The predicted molar refractivity (Wildman–Crippen MR) is 107 cm³/mol. The molecule has 0 aliphatic rings. The van der Waals surface area contributed by atoms with E-state index in [1.807, 2.05) is 64.1 Å². The number of carbonyl (C=O) groups is 1. The maximum absolute atomic E-state index is 12.3. The van der Waals surface area contributed by atoms with Crippen molar-refractivity contribution in [1.82, 2.24) is 0 Å². The summed E-state index contributed by atoms with van der Waals surface area (Å²) in [6.45, 7) is 7.81. The third-order valence-electron chi connectivity index (χ3n) is 4.08. The quantitative estimate of drug-likeness (QED) is 0.838. The number of benzene rings is 2. The van der Waals surface area contributed by atoms with Gasteiger partial charge in [0, 0.05) is 18.7 Å². The van der Waals surface area contributed by atoms with Crippen molar-refractivity contribution < 1.29 is 13.2 Å². The van der Waals surface area contributed by atoms with Gasteiger partial charge in [0.1, 0.15) is 0 Å². The summed E-state index contributed by atoms with van der Waals surface area (Å²) >= 11 is 0. The van der Waals surface area contributed by atoms with Crippen molar-refractivity contribution in [3.63, 3.8) is 0 Å². The van der Waals surface area contributed by atoms with Crippen LogP contribution in [0.4, 0.5) is 11.4 Å². The first-order valence-corrected chi connectivity index (χ1v) is 10.3. The van der Waals surface area contributed by atoms with E-state index in [0.717, 1.165) is 34.2 Å². The number of rotatable bonds is 6. The van der Waals surface area contributed by atoms with Crippen LogP contribution in [0.3, 0.4) is 0 Å². The number of carbonyl (C=O) groups excluding carboxylic acids is 1. The van der Waals surface area contributed by atoms with Gasteiger partial charge < -0.3 is 5.32 Å². The maximum atomic E-state index is 12.3. The second-order valence-electron chi connectivity index (χ2n) is 6.80. The average Bonchev–Trinajstić information content (AvgIpc) is 2.48. The Kier molecular flexibility index (Phi) is 6.08. The third kappa shape index (κ3) is 5.33. The highest BCUT2D eigenvalue weighted by Gasteiger charge is 2.20. The fourth-order valence-corrected chi connectivity index (χ4v) is 3.90. The van der Waals surface area contributed by atoms with Crippen LogP contribution in [0.5, 0.6) is 0 Å². The number of hydrogen-bond donors (Lipinski definition) is 1. The zero-order valence-electron chi connectivity index (χ0n) is 16.0. The Bertz CT molecular complexity index is 900. The molecule has 6 heteroatoms. The number of hydrogen-bond acceptors (Lipinski definition) is 3. The number of nitrogens with one attached hydrogen (secondary N) is 1. The van der Waals surface area contributed by atoms with Crippen molar-refractivity contribution in [3.05, 3.63) is 58.7 Å². The lowest BCUT2D eigenvalue weighted by molar-refractivity contribution is -0.116. The minimum Gasteiger partial charge on any atom is -0.326 e. The van der Waals surface area contributed by atoms with E-state index in [0.29, 0.717) is 5.69 Å². The molecule has 1 amide bonds. The molecule has 140 valence electrons.